The van der Waals surface area contributed by atoms with Gasteiger partial charge in [0.1, 0.15) is 13.2 Å². The number of unbranched alkanes of at least 4 members (excludes halogenated alkanes) is 27. The van der Waals surface area contributed by atoms with Gasteiger partial charge >= 0.3 is 0 Å². The Bertz CT molecular complexity index is 1130. The van der Waals surface area contributed by atoms with Crippen LogP contribution in [0.2, 0.25) is 0 Å². The second-order valence-corrected chi connectivity index (χ2v) is 19.9. The SMILES string of the molecule is CCCC/C=C/CC/C=C/CC/C=C/C(O)C(COP(=O)([O-])OCC[N+](C)(C)C)NC(=O)CCCCCCCCCCCCCCCCC/C=C\CCCCCCCCCC. The molecule has 0 rings (SSSR count). The van der Waals surface area contributed by atoms with Gasteiger partial charge in [-0.05, 0) is 64.2 Å². The Balaban J connectivity index is 4.16. The minimum Gasteiger partial charge on any atom is -0.756 e. The summed E-state index contributed by atoms with van der Waals surface area (Å²) in [7, 11) is 1.23. The van der Waals surface area contributed by atoms with Crippen LogP contribution in [0.5, 0.6) is 0 Å². The summed E-state index contributed by atoms with van der Waals surface area (Å²) in [6.45, 7) is 4.57. The zero-order valence-electron chi connectivity index (χ0n) is 40.6. The van der Waals surface area contributed by atoms with E-state index in [1.54, 1.807) is 6.08 Å². The molecule has 0 aliphatic rings. The van der Waals surface area contributed by atoms with Crippen LogP contribution in [0.3, 0.4) is 0 Å². The molecule has 0 aliphatic carbocycles. The Morgan fingerprint density at radius 3 is 1.38 bits per heavy atom. The molecule has 9 heteroatoms. The van der Waals surface area contributed by atoms with Crippen molar-refractivity contribution in [3.8, 4) is 0 Å². The molecule has 0 bridgehead atoms. The van der Waals surface area contributed by atoms with Crippen LogP contribution >= 0.6 is 7.82 Å². The quantitative estimate of drug-likeness (QED) is 0.0273. The van der Waals surface area contributed by atoms with Crippen molar-refractivity contribution in [1.82, 2.24) is 5.32 Å². The van der Waals surface area contributed by atoms with Crippen molar-refractivity contribution in [2.45, 2.75) is 238 Å². The molecular weight excluding hydrogens is 780 g/mol. The summed E-state index contributed by atoms with van der Waals surface area (Å²) in [5.41, 5.74) is 0. The third-order valence-corrected chi connectivity index (χ3v) is 12.2. The molecule has 0 spiro atoms. The minimum absolute atomic E-state index is 0.00931. The summed E-state index contributed by atoms with van der Waals surface area (Å²) in [4.78, 5) is 25.3. The van der Waals surface area contributed by atoms with Gasteiger partial charge < -0.3 is 28.8 Å². The van der Waals surface area contributed by atoms with Gasteiger partial charge in [-0.3, -0.25) is 9.36 Å². The van der Waals surface area contributed by atoms with Gasteiger partial charge in [0.25, 0.3) is 7.82 Å². The van der Waals surface area contributed by atoms with Crippen molar-refractivity contribution >= 4 is 13.7 Å². The lowest BCUT2D eigenvalue weighted by atomic mass is 10.0. The average molecular weight is 879 g/mol. The zero-order valence-corrected chi connectivity index (χ0v) is 41.5. The molecule has 0 aromatic rings. The van der Waals surface area contributed by atoms with Crippen LogP contribution in [0, 0.1) is 0 Å². The summed E-state index contributed by atoms with van der Waals surface area (Å²) in [5, 5.41) is 13.8. The number of rotatable bonds is 46. The van der Waals surface area contributed by atoms with Gasteiger partial charge in [0.15, 0.2) is 0 Å². The molecule has 0 saturated heterocycles. The Labute approximate surface area is 378 Å². The number of carbonyl (C=O) groups is 1. The minimum atomic E-state index is -4.60. The molecule has 8 nitrogen and oxygen atoms in total. The topological polar surface area (TPSA) is 108 Å². The number of phosphoric acid groups is 1. The number of amides is 1. The first-order chi connectivity index (χ1) is 29.5. The van der Waals surface area contributed by atoms with Crippen molar-refractivity contribution in [3.05, 3.63) is 48.6 Å². The van der Waals surface area contributed by atoms with Gasteiger partial charge in [0.05, 0.1) is 39.9 Å². The number of quaternary nitrogens is 1. The maximum absolute atomic E-state index is 12.9. The normalized spacial score (nSPS) is 14.5. The van der Waals surface area contributed by atoms with Crippen molar-refractivity contribution < 1.29 is 32.9 Å². The molecule has 61 heavy (non-hydrogen) atoms. The highest BCUT2D eigenvalue weighted by molar-refractivity contribution is 7.45. The first-order valence-corrected chi connectivity index (χ1v) is 27.0. The number of likely N-dealkylation sites (N-methyl/N-ethyl adjacent to an activating group) is 1. The summed E-state index contributed by atoms with van der Waals surface area (Å²) >= 11 is 0. The monoisotopic (exact) mass is 879 g/mol. The number of hydrogen-bond donors (Lipinski definition) is 2. The Morgan fingerprint density at radius 1 is 0.557 bits per heavy atom. The molecule has 0 aromatic heterocycles. The Kier molecular flexibility index (Phi) is 42.6. The molecule has 2 N–H and O–H groups in total. The van der Waals surface area contributed by atoms with E-state index in [-0.39, 0.29) is 12.5 Å². The van der Waals surface area contributed by atoms with E-state index in [9.17, 15) is 19.4 Å². The molecule has 0 radical (unpaired) electrons. The molecule has 1 amide bonds. The molecule has 3 atom stereocenters. The highest BCUT2D eigenvalue weighted by atomic mass is 31.2. The first-order valence-electron chi connectivity index (χ1n) is 25.5. The van der Waals surface area contributed by atoms with Crippen LogP contribution < -0.4 is 10.2 Å². The third-order valence-electron chi connectivity index (χ3n) is 11.2. The van der Waals surface area contributed by atoms with Crippen LogP contribution in [0.15, 0.2) is 48.6 Å². The standard InChI is InChI=1S/C52H99N2O6P/c1-6-8-10-12-14-16-18-20-21-22-23-24-25-26-27-28-29-30-31-32-33-34-36-38-40-42-44-46-52(56)53-50(49-60-61(57,58)59-48-47-54(3,4)5)51(55)45-43-41-39-37-35-19-17-15-13-11-9-7-2/h13,15,22-23,35,37,43,45,50-51,55H,6-12,14,16-21,24-34,36,38-42,44,46-49H2,1-5H3,(H-,53,56,57,58)/b15-13+,23-22-,37-35+,45-43+. The summed E-state index contributed by atoms with van der Waals surface area (Å²) in [5.74, 6) is -0.212. The van der Waals surface area contributed by atoms with Crippen molar-refractivity contribution in [2.24, 2.45) is 0 Å². The van der Waals surface area contributed by atoms with Crippen LogP contribution in [0.25, 0.3) is 0 Å². The first kappa shape index (κ1) is 59.5. The fourth-order valence-corrected chi connectivity index (χ4v) is 7.89. The third kappa shape index (κ3) is 46.3. The molecule has 0 heterocycles. The molecule has 358 valence electrons. The Hall–Kier alpha value is -1.54. The van der Waals surface area contributed by atoms with Crippen LogP contribution in [-0.2, 0) is 18.4 Å². The highest BCUT2D eigenvalue weighted by Crippen LogP contribution is 2.38. The maximum Gasteiger partial charge on any atom is 0.268 e. The average Bonchev–Trinajstić information content (AvgIpc) is 3.21. The lowest BCUT2D eigenvalue weighted by molar-refractivity contribution is -0.870. The fraction of sp³-hybridized carbons (Fsp3) is 0.827. The van der Waals surface area contributed by atoms with E-state index in [4.69, 9.17) is 9.05 Å². The van der Waals surface area contributed by atoms with Gasteiger partial charge in [-0.25, -0.2) is 0 Å². The van der Waals surface area contributed by atoms with Crippen LogP contribution in [0.4, 0.5) is 0 Å². The molecule has 0 saturated carbocycles. The second kappa shape index (κ2) is 43.7. The number of allylic oxidation sites excluding steroid dienone is 7. The van der Waals surface area contributed by atoms with Gasteiger partial charge in [0.2, 0.25) is 5.91 Å². The number of hydrogen-bond acceptors (Lipinski definition) is 6. The van der Waals surface area contributed by atoms with E-state index in [0.717, 1.165) is 51.4 Å². The summed E-state index contributed by atoms with van der Waals surface area (Å²) in [6.07, 6.45) is 56.2. The van der Waals surface area contributed by atoms with E-state index < -0.39 is 26.6 Å². The summed E-state index contributed by atoms with van der Waals surface area (Å²) < 4.78 is 23.2. The van der Waals surface area contributed by atoms with E-state index >= 15 is 0 Å². The number of aliphatic hydroxyl groups excluding tert-OH is 1. The molecule has 0 aromatic carbocycles. The van der Waals surface area contributed by atoms with Gasteiger partial charge in [-0.2, -0.15) is 0 Å². The van der Waals surface area contributed by atoms with Gasteiger partial charge in [-0.15, -0.1) is 0 Å². The van der Waals surface area contributed by atoms with Gasteiger partial charge in [-0.1, -0.05) is 204 Å². The van der Waals surface area contributed by atoms with Crippen LogP contribution in [-0.4, -0.2) is 68.5 Å². The maximum atomic E-state index is 12.9. The van der Waals surface area contributed by atoms with Crippen LogP contribution in [0.1, 0.15) is 226 Å². The van der Waals surface area contributed by atoms with E-state index in [0.29, 0.717) is 17.4 Å². The largest absolute Gasteiger partial charge is 0.756 e. The number of carbonyl (C=O) groups excluding carboxylic acids is 1. The summed E-state index contributed by atoms with van der Waals surface area (Å²) in [6, 6.07) is -0.908. The smallest absolute Gasteiger partial charge is 0.268 e. The Morgan fingerprint density at radius 2 is 0.934 bits per heavy atom. The number of nitrogens with one attached hydrogen (secondary N) is 1. The number of aliphatic hydroxyl groups is 1. The lowest BCUT2D eigenvalue weighted by Crippen LogP contribution is -2.45. The fourth-order valence-electron chi connectivity index (χ4n) is 7.17. The highest BCUT2D eigenvalue weighted by Gasteiger charge is 2.23. The second-order valence-electron chi connectivity index (χ2n) is 18.5. The molecular formula is C52H99N2O6P. The molecule has 3 unspecified atom stereocenters. The van der Waals surface area contributed by atoms with Crippen molar-refractivity contribution in [1.29, 1.82) is 0 Å². The predicted molar refractivity (Wildman–Crippen MR) is 261 cm³/mol. The van der Waals surface area contributed by atoms with E-state index in [2.05, 4.69) is 55.6 Å². The van der Waals surface area contributed by atoms with Gasteiger partial charge in [0, 0.05) is 6.42 Å². The van der Waals surface area contributed by atoms with Crippen molar-refractivity contribution in [2.75, 3.05) is 40.9 Å². The zero-order chi connectivity index (χ0) is 45.0. The van der Waals surface area contributed by atoms with Crippen molar-refractivity contribution in [3.63, 3.8) is 0 Å². The van der Waals surface area contributed by atoms with E-state index in [1.807, 2.05) is 27.2 Å². The predicted octanol–water partition coefficient (Wildman–Crippen LogP) is 14.2. The molecule has 0 fully saturated rings. The number of nitrogens with zero attached hydrogens (tertiary/aromatic N) is 1. The number of phosphoric ester groups is 1. The molecule has 0 aliphatic heterocycles. The van der Waals surface area contributed by atoms with E-state index in [1.165, 1.54) is 154 Å². The lowest BCUT2D eigenvalue weighted by Gasteiger charge is -2.29.